The Morgan fingerprint density at radius 2 is 2.17 bits per heavy atom. The van der Waals surface area contributed by atoms with Gasteiger partial charge in [0.15, 0.2) is 0 Å². The normalized spacial score (nSPS) is 17.2. The molecule has 1 atom stereocenters. The van der Waals surface area contributed by atoms with Crippen molar-refractivity contribution in [2.45, 2.75) is 39.2 Å². The molecule has 0 spiro atoms. The number of fused-ring (bicyclic) bond motifs is 1. The Balaban J connectivity index is 1.68. The van der Waals surface area contributed by atoms with Gasteiger partial charge in [-0.3, -0.25) is 14.5 Å². The van der Waals surface area contributed by atoms with Gasteiger partial charge in [-0.25, -0.2) is 4.98 Å². The van der Waals surface area contributed by atoms with Crippen LogP contribution in [0, 0.1) is 0 Å². The summed E-state index contributed by atoms with van der Waals surface area (Å²) in [4.78, 5) is 33.5. The average molecular weight is 416 g/mol. The summed E-state index contributed by atoms with van der Waals surface area (Å²) in [5, 5.41) is 0.806. The molecule has 3 rings (SSSR count). The van der Waals surface area contributed by atoms with E-state index in [0.717, 1.165) is 41.2 Å². The first-order valence-electron chi connectivity index (χ1n) is 10.3. The van der Waals surface area contributed by atoms with Crippen LogP contribution in [0.15, 0.2) is 30.3 Å². The number of hydrogen-bond acceptors (Lipinski definition) is 6. The highest BCUT2D eigenvalue weighted by Crippen LogP contribution is 2.23. The first-order valence-corrected chi connectivity index (χ1v) is 11.1. The Morgan fingerprint density at radius 1 is 1.34 bits per heavy atom. The van der Waals surface area contributed by atoms with E-state index < -0.39 is 0 Å². The van der Waals surface area contributed by atoms with Gasteiger partial charge in [-0.15, -0.1) is 11.3 Å². The number of likely N-dealkylation sites (tertiary alicyclic amines) is 1. The largest absolute Gasteiger partial charge is 0.466 e. The van der Waals surface area contributed by atoms with Crippen molar-refractivity contribution < 1.29 is 14.3 Å². The molecule has 0 N–H and O–H groups in total. The zero-order valence-corrected chi connectivity index (χ0v) is 18.0. The second-order valence-corrected chi connectivity index (χ2v) is 8.18. The Hall–Kier alpha value is -2.25. The van der Waals surface area contributed by atoms with E-state index in [1.165, 1.54) is 0 Å². The molecule has 2 aromatic rings. The van der Waals surface area contributed by atoms with Crippen molar-refractivity contribution >= 4 is 39.5 Å². The Bertz CT molecular complexity index is 831. The summed E-state index contributed by atoms with van der Waals surface area (Å²) in [7, 11) is 0. The minimum absolute atomic E-state index is 0.0866. The van der Waals surface area contributed by atoms with Crippen LogP contribution in [0.2, 0.25) is 0 Å². The first kappa shape index (κ1) is 21.5. The van der Waals surface area contributed by atoms with Crippen molar-refractivity contribution in [2.75, 3.05) is 32.8 Å². The molecule has 1 fully saturated rings. The van der Waals surface area contributed by atoms with E-state index in [1.807, 2.05) is 24.3 Å². The smallest absolute Gasteiger partial charge is 0.307 e. The fourth-order valence-electron chi connectivity index (χ4n) is 3.73. The summed E-state index contributed by atoms with van der Waals surface area (Å²) < 4.78 is 6.13. The maximum Gasteiger partial charge on any atom is 0.307 e. The maximum atomic E-state index is 12.9. The Kier molecular flexibility index (Phi) is 7.77. The van der Waals surface area contributed by atoms with Crippen molar-refractivity contribution in [1.82, 2.24) is 14.8 Å². The molecule has 1 unspecified atom stereocenters. The molecular formula is C22H29N3O3S. The SMILES string of the molecule is CCOC(=O)CCN(CC1CCCN1CC)C(=O)/C=C/c1nc2ccccc2s1. The van der Waals surface area contributed by atoms with Crippen molar-refractivity contribution in [1.29, 1.82) is 0 Å². The number of likely N-dealkylation sites (N-methyl/N-ethyl adjacent to an activating group) is 1. The van der Waals surface area contributed by atoms with E-state index >= 15 is 0 Å². The number of esters is 1. The van der Waals surface area contributed by atoms with E-state index in [0.29, 0.717) is 25.7 Å². The number of amides is 1. The monoisotopic (exact) mass is 415 g/mol. The number of hydrogen-bond donors (Lipinski definition) is 0. The van der Waals surface area contributed by atoms with Crippen LogP contribution in [0.3, 0.4) is 0 Å². The predicted molar refractivity (Wildman–Crippen MR) is 117 cm³/mol. The molecule has 1 aromatic heterocycles. The molecule has 2 heterocycles. The number of carbonyl (C=O) groups is 2. The van der Waals surface area contributed by atoms with Crippen molar-refractivity contribution in [3.05, 3.63) is 35.3 Å². The summed E-state index contributed by atoms with van der Waals surface area (Å²) in [5.41, 5.74) is 0.938. The summed E-state index contributed by atoms with van der Waals surface area (Å²) >= 11 is 1.56. The van der Waals surface area contributed by atoms with Gasteiger partial charge in [0.05, 0.1) is 23.2 Å². The van der Waals surface area contributed by atoms with Gasteiger partial charge >= 0.3 is 5.97 Å². The molecule has 6 nitrogen and oxygen atoms in total. The number of ether oxygens (including phenoxy) is 1. The summed E-state index contributed by atoms with van der Waals surface area (Å²) in [5.74, 6) is -0.351. The maximum absolute atomic E-state index is 12.9. The van der Waals surface area contributed by atoms with Crippen molar-refractivity contribution in [3.8, 4) is 0 Å². The Morgan fingerprint density at radius 3 is 2.93 bits per heavy atom. The molecule has 0 aliphatic carbocycles. The van der Waals surface area contributed by atoms with Crippen LogP contribution >= 0.6 is 11.3 Å². The highest BCUT2D eigenvalue weighted by atomic mass is 32.1. The van der Waals surface area contributed by atoms with Crippen molar-refractivity contribution in [3.63, 3.8) is 0 Å². The fourth-order valence-corrected chi connectivity index (χ4v) is 4.60. The molecule has 156 valence electrons. The minimum atomic E-state index is -0.265. The van der Waals surface area contributed by atoms with E-state index in [9.17, 15) is 9.59 Å². The minimum Gasteiger partial charge on any atom is -0.466 e. The molecule has 0 radical (unpaired) electrons. The third kappa shape index (κ3) is 5.87. The number of carbonyl (C=O) groups excluding carboxylic acids is 2. The molecular weight excluding hydrogens is 386 g/mol. The quantitative estimate of drug-likeness (QED) is 0.463. The van der Waals surface area contributed by atoms with Crippen LogP contribution in [-0.4, -0.2) is 65.5 Å². The number of thiazole rings is 1. The number of nitrogens with zero attached hydrogens (tertiary/aromatic N) is 3. The van der Waals surface area contributed by atoms with Gasteiger partial charge in [0.25, 0.3) is 0 Å². The Labute approximate surface area is 176 Å². The van der Waals surface area contributed by atoms with Crippen LogP contribution in [0.25, 0.3) is 16.3 Å². The van der Waals surface area contributed by atoms with E-state index in [2.05, 4.69) is 16.8 Å². The third-order valence-electron chi connectivity index (χ3n) is 5.22. The molecule has 1 aliphatic heterocycles. The van der Waals surface area contributed by atoms with Crippen molar-refractivity contribution in [2.24, 2.45) is 0 Å². The number of para-hydroxylation sites is 1. The molecule has 1 saturated heterocycles. The molecule has 1 aliphatic rings. The van der Waals surface area contributed by atoms with E-state index in [4.69, 9.17) is 4.74 Å². The molecule has 29 heavy (non-hydrogen) atoms. The number of rotatable bonds is 9. The highest BCUT2D eigenvalue weighted by Gasteiger charge is 2.26. The zero-order valence-electron chi connectivity index (χ0n) is 17.2. The number of benzene rings is 1. The number of aromatic nitrogens is 1. The van der Waals surface area contributed by atoms with Gasteiger partial charge in [-0.1, -0.05) is 19.1 Å². The van der Waals surface area contributed by atoms with Gasteiger partial charge in [0.1, 0.15) is 5.01 Å². The summed E-state index contributed by atoms with van der Waals surface area (Å²) in [6, 6.07) is 8.28. The van der Waals surface area contributed by atoms with Crippen LogP contribution in [0.5, 0.6) is 0 Å². The molecule has 7 heteroatoms. The molecule has 1 amide bonds. The highest BCUT2D eigenvalue weighted by molar-refractivity contribution is 7.19. The van der Waals surface area contributed by atoms with Gasteiger partial charge in [-0.05, 0) is 51.1 Å². The fraction of sp³-hybridized carbons (Fsp3) is 0.500. The summed E-state index contributed by atoms with van der Waals surface area (Å²) in [6.45, 7) is 7.35. The van der Waals surface area contributed by atoms with Gasteiger partial charge < -0.3 is 9.64 Å². The van der Waals surface area contributed by atoms with Gasteiger partial charge in [-0.2, -0.15) is 0 Å². The lowest BCUT2D eigenvalue weighted by Gasteiger charge is -2.29. The summed E-state index contributed by atoms with van der Waals surface area (Å²) in [6.07, 6.45) is 5.80. The molecule has 1 aromatic carbocycles. The lowest BCUT2D eigenvalue weighted by Crippen LogP contribution is -2.43. The topological polar surface area (TPSA) is 62.7 Å². The van der Waals surface area contributed by atoms with Crippen LogP contribution in [-0.2, 0) is 14.3 Å². The van der Waals surface area contributed by atoms with Gasteiger partial charge in [0, 0.05) is 25.2 Å². The second-order valence-electron chi connectivity index (χ2n) is 7.12. The molecule has 0 saturated carbocycles. The second kappa shape index (κ2) is 10.5. The zero-order chi connectivity index (χ0) is 20.6. The van der Waals surface area contributed by atoms with Crippen LogP contribution < -0.4 is 0 Å². The molecule has 0 bridgehead atoms. The lowest BCUT2D eigenvalue weighted by molar-refractivity contribution is -0.143. The van der Waals surface area contributed by atoms with E-state index in [1.54, 1.807) is 35.3 Å². The van der Waals surface area contributed by atoms with E-state index in [-0.39, 0.29) is 18.3 Å². The van der Waals surface area contributed by atoms with Gasteiger partial charge in [0.2, 0.25) is 5.91 Å². The average Bonchev–Trinajstić information content (AvgIpc) is 3.35. The first-order chi connectivity index (χ1) is 14.1. The standard InChI is InChI=1S/C22H29N3O3S/c1-3-24-14-7-8-17(24)16-25(15-13-22(27)28-4-2)21(26)12-11-20-23-18-9-5-6-10-19(18)29-20/h5-6,9-12,17H,3-4,7-8,13-16H2,1-2H3/b12-11+. The third-order valence-corrected chi connectivity index (χ3v) is 6.22. The predicted octanol–water partition coefficient (Wildman–Crippen LogP) is 3.58. The van der Waals surface area contributed by atoms with Crippen LogP contribution in [0.4, 0.5) is 0 Å². The van der Waals surface area contributed by atoms with Crippen LogP contribution in [0.1, 0.15) is 38.1 Å². The lowest BCUT2D eigenvalue weighted by atomic mass is 10.2.